The quantitative estimate of drug-likeness (QED) is 0.438. The Kier molecular flexibility index (Phi) is 5.36. The van der Waals surface area contributed by atoms with E-state index in [9.17, 15) is 14.4 Å². The smallest absolute Gasteiger partial charge is 0.321 e. The summed E-state index contributed by atoms with van der Waals surface area (Å²) in [4.78, 5) is 36.4. The number of carbonyl (C=O) groups is 3. The number of rotatable bonds is 5. The van der Waals surface area contributed by atoms with Gasteiger partial charge in [0.15, 0.2) is 5.92 Å². The molecule has 0 radical (unpaired) electrons. The van der Waals surface area contributed by atoms with Crippen molar-refractivity contribution < 1.29 is 28.6 Å². The zero-order valence-corrected chi connectivity index (χ0v) is 13.5. The van der Waals surface area contributed by atoms with Crippen LogP contribution < -0.4 is 0 Å². The average Bonchev–Trinajstić information content (AvgIpc) is 2.49. The van der Waals surface area contributed by atoms with Gasteiger partial charge in [-0.05, 0) is 41.5 Å². The normalized spacial score (nSPS) is 20.8. The van der Waals surface area contributed by atoms with Gasteiger partial charge >= 0.3 is 17.9 Å². The Morgan fingerprint density at radius 3 is 1.81 bits per heavy atom. The molecule has 0 aliphatic carbocycles. The lowest BCUT2D eigenvalue weighted by molar-refractivity contribution is -0.172. The van der Waals surface area contributed by atoms with Crippen molar-refractivity contribution in [1.29, 1.82) is 0 Å². The van der Waals surface area contributed by atoms with E-state index < -0.39 is 35.3 Å². The van der Waals surface area contributed by atoms with E-state index in [0.717, 1.165) is 0 Å². The van der Waals surface area contributed by atoms with E-state index in [2.05, 4.69) is 0 Å². The molecule has 0 amide bonds. The fraction of sp³-hybridized carbons (Fsp3) is 0.800. The molecule has 0 N–H and O–H groups in total. The van der Waals surface area contributed by atoms with Gasteiger partial charge in [0, 0.05) is 6.42 Å². The molecule has 21 heavy (non-hydrogen) atoms. The van der Waals surface area contributed by atoms with E-state index in [-0.39, 0.29) is 18.6 Å². The first-order chi connectivity index (χ1) is 9.53. The van der Waals surface area contributed by atoms with Crippen LogP contribution in [-0.2, 0) is 28.6 Å². The van der Waals surface area contributed by atoms with Crippen molar-refractivity contribution in [3.05, 3.63) is 0 Å². The Morgan fingerprint density at radius 2 is 1.52 bits per heavy atom. The van der Waals surface area contributed by atoms with Gasteiger partial charge in [0.25, 0.3) is 0 Å². The zero-order valence-electron chi connectivity index (χ0n) is 13.5. The molecule has 1 heterocycles. The Morgan fingerprint density at radius 1 is 1.10 bits per heavy atom. The second kappa shape index (κ2) is 6.45. The number of esters is 3. The molecule has 0 spiro atoms. The monoisotopic (exact) mass is 300 g/mol. The van der Waals surface area contributed by atoms with Gasteiger partial charge in [-0.2, -0.15) is 0 Å². The van der Waals surface area contributed by atoms with Crippen LogP contribution in [-0.4, -0.2) is 35.7 Å². The van der Waals surface area contributed by atoms with Crippen molar-refractivity contribution >= 4 is 17.9 Å². The third kappa shape index (κ3) is 4.72. The Balaban J connectivity index is 2.99. The highest BCUT2D eigenvalue weighted by Crippen LogP contribution is 2.36. The largest absolute Gasteiger partial charge is 0.462 e. The number of ether oxygens (including phenoxy) is 3. The Labute approximate surface area is 125 Å². The van der Waals surface area contributed by atoms with E-state index in [4.69, 9.17) is 14.2 Å². The molecular formula is C15H24O6. The highest BCUT2D eigenvalue weighted by atomic mass is 16.6. The summed E-state index contributed by atoms with van der Waals surface area (Å²) < 4.78 is 15.4. The van der Waals surface area contributed by atoms with Crippen LogP contribution in [0.2, 0.25) is 0 Å². The summed E-state index contributed by atoms with van der Waals surface area (Å²) in [6.07, 6.45) is -0.480. The minimum absolute atomic E-state index is 0.275. The molecule has 0 saturated carbocycles. The van der Waals surface area contributed by atoms with E-state index in [0.29, 0.717) is 0 Å². The van der Waals surface area contributed by atoms with Gasteiger partial charge in [0.2, 0.25) is 0 Å². The molecule has 1 rings (SSSR count). The lowest BCUT2D eigenvalue weighted by atomic mass is 9.86. The van der Waals surface area contributed by atoms with Gasteiger partial charge in [-0.25, -0.2) is 0 Å². The molecule has 1 atom stereocenters. The van der Waals surface area contributed by atoms with Crippen LogP contribution in [0.5, 0.6) is 0 Å². The van der Waals surface area contributed by atoms with Crippen LogP contribution in [0.4, 0.5) is 0 Å². The molecule has 6 nitrogen and oxygen atoms in total. The lowest BCUT2D eigenvalue weighted by Crippen LogP contribution is -2.38. The third-order valence-electron chi connectivity index (χ3n) is 3.01. The standard InChI is InChI=1S/C15H24O6/c1-8(2)19-13(17)11(14(18)20-9(3)4)10-7-15(5,6)21-12(10)16/h8-11H,7H2,1-6H3. The predicted molar refractivity (Wildman–Crippen MR) is 74.2 cm³/mol. The van der Waals surface area contributed by atoms with Crippen molar-refractivity contribution in [2.75, 3.05) is 0 Å². The third-order valence-corrected chi connectivity index (χ3v) is 3.01. The van der Waals surface area contributed by atoms with Gasteiger partial charge in [-0.1, -0.05) is 0 Å². The summed E-state index contributed by atoms with van der Waals surface area (Å²) in [5, 5.41) is 0. The van der Waals surface area contributed by atoms with E-state index in [1.807, 2.05) is 0 Å². The van der Waals surface area contributed by atoms with E-state index in [1.54, 1.807) is 41.5 Å². The van der Waals surface area contributed by atoms with Gasteiger partial charge in [-0.3, -0.25) is 14.4 Å². The summed E-state index contributed by atoms with van der Waals surface area (Å²) in [5.41, 5.74) is -0.698. The second-order valence-electron chi connectivity index (χ2n) is 6.44. The topological polar surface area (TPSA) is 78.9 Å². The molecule has 1 unspecified atom stereocenters. The molecule has 0 aromatic carbocycles. The average molecular weight is 300 g/mol. The molecule has 1 aliphatic heterocycles. The molecule has 1 saturated heterocycles. The first-order valence-electron chi connectivity index (χ1n) is 7.17. The molecule has 1 aliphatic rings. The lowest BCUT2D eigenvalue weighted by Gasteiger charge is -2.21. The van der Waals surface area contributed by atoms with Crippen molar-refractivity contribution in [2.45, 2.75) is 65.8 Å². The summed E-state index contributed by atoms with van der Waals surface area (Å²) in [6.45, 7) is 10.2. The number of carbonyl (C=O) groups excluding carboxylic acids is 3. The fourth-order valence-electron chi connectivity index (χ4n) is 2.29. The molecule has 0 bridgehead atoms. The van der Waals surface area contributed by atoms with Crippen molar-refractivity contribution in [1.82, 2.24) is 0 Å². The van der Waals surface area contributed by atoms with Crippen molar-refractivity contribution in [3.63, 3.8) is 0 Å². The minimum atomic E-state index is -1.27. The predicted octanol–water partition coefficient (Wildman–Crippen LogP) is 1.85. The van der Waals surface area contributed by atoms with Crippen LogP contribution >= 0.6 is 0 Å². The second-order valence-corrected chi connectivity index (χ2v) is 6.44. The zero-order chi connectivity index (χ0) is 16.4. The van der Waals surface area contributed by atoms with Gasteiger partial charge in [0.05, 0.1) is 18.1 Å². The Hall–Kier alpha value is -1.59. The van der Waals surface area contributed by atoms with E-state index >= 15 is 0 Å². The maximum Gasteiger partial charge on any atom is 0.321 e. The number of hydrogen-bond acceptors (Lipinski definition) is 6. The summed E-state index contributed by atoms with van der Waals surface area (Å²) >= 11 is 0. The van der Waals surface area contributed by atoms with Crippen molar-refractivity contribution in [2.24, 2.45) is 11.8 Å². The fourth-order valence-corrected chi connectivity index (χ4v) is 2.29. The molecule has 120 valence electrons. The maximum absolute atomic E-state index is 12.2. The van der Waals surface area contributed by atoms with Gasteiger partial charge in [0.1, 0.15) is 5.60 Å². The summed E-state index contributed by atoms with van der Waals surface area (Å²) in [5.74, 6) is -4.18. The highest BCUT2D eigenvalue weighted by Gasteiger charge is 2.51. The van der Waals surface area contributed by atoms with Crippen molar-refractivity contribution in [3.8, 4) is 0 Å². The summed E-state index contributed by atoms with van der Waals surface area (Å²) in [6, 6.07) is 0. The van der Waals surface area contributed by atoms with Crippen LogP contribution in [0, 0.1) is 11.8 Å². The van der Waals surface area contributed by atoms with Gasteiger partial charge < -0.3 is 14.2 Å². The van der Waals surface area contributed by atoms with Crippen LogP contribution in [0.3, 0.4) is 0 Å². The number of cyclic esters (lactones) is 1. The molecule has 1 fully saturated rings. The van der Waals surface area contributed by atoms with Crippen LogP contribution in [0.15, 0.2) is 0 Å². The van der Waals surface area contributed by atoms with Gasteiger partial charge in [-0.15, -0.1) is 0 Å². The number of hydrogen-bond donors (Lipinski definition) is 0. The maximum atomic E-state index is 12.2. The molecular weight excluding hydrogens is 276 g/mol. The first-order valence-corrected chi connectivity index (χ1v) is 7.17. The highest BCUT2D eigenvalue weighted by molar-refractivity contribution is 5.99. The summed E-state index contributed by atoms with van der Waals surface area (Å²) in [7, 11) is 0. The Bertz CT molecular complexity index is 402. The minimum Gasteiger partial charge on any atom is -0.462 e. The van der Waals surface area contributed by atoms with Crippen LogP contribution in [0.25, 0.3) is 0 Å². The van der Waals surface area contributed by atoms with Crippen LogP contribution in [0.1, 0.15) is 48.0 Å². The molecule has 6 heteroatoms. The molecule has 0 aromatic heterocycles. The molecule has 0 aromatic rings. The van der Waals surface area contributed by atoms with E-state index in [1.165, 1.54) is 0 Å². The first kappa shape index (κ1) is 17.5. The SMILES string of the molecule is CC(C)OC(=O)C(C(=O)OC(C)C)C1CC(C)(C)OC1=O.